The van der Waals surface area contributed by atoms with Crippen LogP contribution in [0.15, 0.2) is 47.5 Å². The van der Waals surface area contributed by atoms with Crippen molar-refractivity contribution in [3.05, 3.63) is 58.7 Å². The van der Waals surface area contributed by atoms with E-state index in [9.17, 15) is 36.3 Å². The van der Waals surface area contributed by atoms with Crippen LogP contribution in [0.5, 0.6) is 5.75 Å². The number of carbonyl (C=O) groups excluding carboxylic acids is 2. The number of aromatic nitrogens is 2. The molecule has 330 valence electrons. The zero-order valence-electron chi connectivity index (χ0n) is 34.0. The van der Waals surface area contributed by atoms with E-state index < -0.39 is 33.4 Å². The lowest BCUT2D eigenvalue weighted by atomic mass is 9.81. The lowest BCUT2D eigenvalue weighted by Gasteiger charge is -2.47. The van der Waals surface area contributed by atoms with E-state index in [1.165, 1.54) is 21.9 Å². The number of alkyl halides is 3. The van der Waals surface area contributed by atoms with E-state index in [0.29, 0.717) is 59.1 Å². The molecular weight excluding hydrogens is 839 g/mol. The first-order valence-electron chi connectivity index (χ1n) is 20.7. The number of carbonyl (C=O) groups is 2. The van der Waals surface area contributed by atoms with Gasteiger partial charge in [-0.25, -0.2) is 22.9 Å². The summed E-state index contributed by atoms with van der Waals surface area (Å²) in [6, 6.07) is 9.41. The standard InChI is InChI=1S/C41H51ClF3N9O6S/c1-25-16-31(5-6-34(25)47-38-46-22-32(41(43,44)45)37(49-38)53-10-3-9-40(2,57)24-53)61(58,59)50-27-19-28(20-27)52-14-12-51(13-15-52)23-26-17-30(18-26)60-29-4-7-35(33(42)21-29)54-11-8-36(55)48-39(54)56/h4-7,16,21-22,26-28,30,50,57H,3,8-15,17-20,23-24H2,1-2H3,(H,46,47,49)(H,48,55,56)/t26?,27?,28?,30?,40-/m0/s1. The number of piperidine rings is 1. The summed E-state index contributed by atoms with van der Waals surface area (Å²) in [5.41, 5.74) is -0.615. The van der Waals surface area contributed by atoms with Crippen LogP contribution in [0.4, 0.5) is 41.1 Å². The predicted octanol–water partition coefficient (Wildman–Crippen LogP) is 5.28. The van der Waals surface area contributed by atoms with Crippen LogP contribution in [0.25, 0.3) is 0 Å². The van der Waals surface area contributed by atoms with Crippen molar-refractivity contribution >= 4 is 56.7 Å². The Morgan fingerprint density at radius 2 is 1.79 bits per heavy atom. The number of rotatable bonds is 12. The van der Waals surface area contributed by atoms with Gasteiger partial charge in [0, 0.05) is 88.8 Å². The number of benzene rings is 2. The number of nitrogens with one attached hydrogen (secondary N) is 3. The number of anilines is 4. The molecule has 5 fully saturated rings. The maximum absolute atomic E-state index is 13.9. The van der Waals surface area contributed by atoms with Gasteiger partial charge in [-0.1, -0.05) is 11.6 Å². The second-order valence-electron chi connectivity index (χ2n) is 17.3. The monoisotopic (exact) mass is 889 g/mol. The third kappa shape index (κ3) is 10.0. The SMILES string of the molecule is Cc1cc(S(=O)(=O)NC2CC(N3CCN(CC4CC(Oc5ccc(N6CCC(=O)NC6=O)c(Cl)c5)C4)CC3)C2)ccc1Nc1ncc(C(F)(F)F)c(N2CCC[C@](C)(O)C2)n1. The summed E-state index contributed by atoms with van der Waals surface area (Å²) in [7, 11) is -3.83. The molecule has 15 nitrogen and oxygen atoms in total. The highest BCUT2D eigenvalue weighted by Gasteiger charge is 2.41. The van der Waals surface area contributed by atoms with Crippen LogP contribution in [0, 0.1) is 12.8 Å². The number of halogens is 4. The lowest BCUT2D eigenvalue weighted by molar-refractivity contribution is -0.137. The summed E-state index contributed by atoms with van der Waals surface area (Å²) >= 11 is 6.49. The van der Waals surface area contributed by atoms with Crippen LogP contribution in [0.2, 0.25) is 5.02 Å². The maximum Gasteiger partial charge on any atom is 0.421 e. The Labute approximate surface area is 358 Å². The second kappa shape index (κ2) is 17.1. The Morgan fingerprint density at radius 1 is 1.03 bits per heavy atom. The van der Waals surface area contributed by atoms with Crippen molar-refractivity contribution in [2.24, 2.45) is 5.92 Å². The maximum atomic E-state index is 13.9. The first-order valence-corrected chi connectivity index (χ1v) is 22.6. The largest absolute Gasteiger partial charge is 0.490 e. The summed E-state index contributed by atoms with van der Waals surface area (Å²) in [6.07, 6.45) is 0.649. The molecule has 2 saturated carbocycles. The summed E-state index contributed by atoms with van der Waals surface area (Å²) in [5.74, 6) is 0.489. The Bertz CT molecular complexity index is 2250. The van der Waals surface area contributed by atoms with Crippen LogP contribution in [-0.4, -0.2) is 121 Å². The Morgan fingerprint density at radius 3 is 2.46 bits per heavy atom. The molecule has 5 aliphatic rings. The molecule has 3 amide bonds. The third-order valence-corrected chi connectivity index (χ3v) is 14.3. The first kappa shape index (κ1) is 43.4. The number of nitrogens with zero attached hydrogens (tertiary/aromatic N) is 6. The van der Waals surface area contributed by atoms with Gasteiger partial charge in [0.05, 0.1) is 27.3 Å². The Hall–Kier alpha value is -4.27. The summed E-state index contributed by atoms with van der Waals surface area (Å²) < 4.78 is 77.6. The number of imide groups is 1. The minimum absolute atomic E-state index is 0.00438. The van der Waals surface area contributed by atoms with Crippen molar-refractivity contribution in [3.8, 4) is 5.75 Å². The fourth-order valence-electron chi connectivity index (χ4n) is 8.97. The van der Waals surface area contributed by atoms with Crippen LogP contribution in [0.3, 0.4) is 0 Å². The minimum atomic E-state index is -4.69. The van der Waals surface area contributed by atoms with E-state index in [1.54, 1.807) is 38.1 Å². The highest BCUT2D eigenvalue weighted by atomic mass is 35.5. The molecule has 1 aromatic heterocycles. The molecule has 3 saturated heterocycles. The van der Waals surface area contributed by atoms with Crippen molar-refractivity contribution in [2.75, 3.05) is 67.5 Å². The Balaban J connectivity index is 0.765. The number of aliphatic hydroxyl groups is 1. The molecule has 3 aromatic rings. The van der Waals surface area contributed by atoms with Crippen LogP contribution in [-0.2, 0) is 21.0 Å². The molecule has 2 aliphatic carbocycles. The molecule has 3 aliphatic heterocycles. The molecular formula is C41H51ClF3N9O6S. The Kier molecular flexibility index (Phi) is 12.2. The minimum Gasteiger partial charge on any atom is -0.490 e. The van der Waals surface area contributed by atoms with Gasteiger partial charge in [0.15, 0.2) is 0 Å². The quantitative estimate of drug-likeness (QED) is 0.186. The topological polar surface area (TPSA) is 173 Å². The summed E-state index contributed by atoms with van der Waals surface area (Å²) in [6.45, 7) is 8.59. The van der Waals surface area contributed by atoms with Crippen LogP contribution >= 0.6 is 11.6 Å². The average Bonchev–Trinajstić information content (AvgIpc) is 3.16. The van der Waals surface area contributed by atoms with Gasteiger partial charge in [0.2, 0.25) is 21.9 Å². The number of ether oxygens (including phenoxy) is 1. The van der Waals surface area contributed by atoms with Crippen molar-refractivity contribution in [1.82, 2.24) is 29.8 Å². The van der Waals surface area contributed by atoms with Crippen molar-refractivity contribution in [3.63, 3.8) is 0 Å². The molecule has 20 heteroatoms. The normalized spacial score (nSPS) is 26.7. The number of piperazine rings is 1. The van der Waals surface area contributed by atoms with Crippen molar-refractivity contribution in [1.29, 1.82) is 0 Å². The molecule has 0 radical (unpaired) electrons. The fourth-order valence-corrected chi connectivity index (χ4v) is 10.6. The zero-order chi connectivity index (χ0) is 43.3. The molecule has 0 bridgehead atoms. The van der Waals surface area contributed by atoms with Gasteiger partial charge in [0.25, 0.3) is 0 Å². The van der Waals surface area contributed by atoms with Gasteiger partial charge >= 0.3 is 12.2 Å². The lowest BCUT2D eigenvalue weighted by Crippen LogP contribution is -2.59. The molecule has 0 unspecified atom stereocenters. The van der Waals surface area contributed by atoms with Crippen molar-refractivity contribution in [2.45, 2.75) is 93.7 Å². The average molecular weight is 890 g/mol. The summed E-state index contributed by atoms with van der Waals surface area (Å²) in [5, 5.41) is 16.2. The number of hydrogen-bond donors (Lipinski definition) is 4. The molecule has 1 atom stereocenters. The molecule has 2 aromatic carbocycles. The summed E-state index contributed by atoms with van der Waals surface area (Å²) in [4.78, 5) is 39.7. The predicted molar refractivity (Wildman–Crippen MR) is 223 cm³/mol. The molecule has 0 spiro atoms. The van der Waals surface area contributed by atoms with E-state index in [2.05, 4.69) is 35.1 Å². The molecule has 4 N–H and O–H groups in total. The number of amides is 3. The van der Waals surface area contributed by atoms with Crippen molar-refractivity contribution < 1.29 is 41.0 Å². The number of aryl methyl sites for hydroxylation is 1. The van der Waals surface area contributed by atoms with E-state index >= 15 is 0 Å². The van der Waals surface area contributed by atoms with E-state index in [0.717, 1.165) is 64.6 Å². The molecule has 8 rings (SSSR count). The van der Waals surface area contributed by atoms with Gasteiger partial charge < -0.3 is 25.0 Å². The fraction of sp³-hybridized carbons (Fsp3) is 0.561. The van der Waals surface area contributed by atoms with Crippen LogP contribution < -0.4 is 29.9 Å². The second-order valence-corrected chi connectivity index (χ2v) is 19.4. The van der Waals surface area contributed by atoms with Gasteiger partial charge in [-0.15, -0.1) is 0 Å². The smallest absolute Gasteiger partial charge is 0.421 e. The number of β-amino-alcohol motifs (C(OH)–C–C–N with tert-alkyl or cyclic N) is 1. The van der Waals surface area contributed by atoms with Crippen LogP contribution in [0.1, 0.15) is 63.0 Å². The van der Waals surface area contributed by atoms with Gasteiger partial charge in [0.1, 0.15) is 17.1 Å². The van der Waals surface area contributed by atoms with Gasteiger partial charge in [-0.05, 0) is 94.2 Å². The highest BCUT2D eigenvalue weighted by Crippen LogP contribution is 2.39. The molecule has 4 heterocycles. The van der Waals surface area contributed by atoms with E-state index in [1.807, 2.05) is 0 Å². The highest BCUT2D eigenvalue weighted by molar-refractivity contribution is 7.89. The first-order chi connectivity index (χ1) is 28.9. The zero-order valence-corrected chi connectivity index (χ0v) is 35.6. The number of sulfonamides is 1. The van der Waals surface area contributed by atoms with Gasteiger partial charge in [-0.3, -0.25) is 19.9 Å². The third-order valence-electron chi connectivity index (χ3n) is 12.4. The number of hydrogen-bond acceptors (Lipinski definition) is 12. The molecule has 61 heavy (non-hydrogen) atoms. The van der Waals surface area contributed by atoms with E-state index in [4.69, 9.17) is 16.3 Å². The number of urea groups is 1. The van der Waals surface area contributed by atoms with E-state index in [-0.39, 0.29) is 54.2 Å². The van der Waals surface area contributed by atoms with Gasteiger partial charge in [-0.2, -0.15) is 18.2 Å².